The van der Waals surface area contributed by atoms with Crippen LogP contribution in [0.15, 0.2) is 42.5 Å². The van der Waals surface area contributed by atoms with Crippen molar-refractivity contribution in [3.8, 4) is 0 Å². The standard InChI is InChI=1S/C20H24ClNO/c1-4-19(17-9-5-14(2)15(3)13-17)22-20(23)12-8-16-6-10-18(21)11-7-16/h5-7,9-11,13,19H,4,8,12H2,1-3H3,(H,22,23)/t19-/m0/s1. The molecule has 3 heteroatoms. The Kier molecular flexibility index (Phi) is 6.23. The Labute approximate surface area is 143 Å². The van der Waals surface area contributed by atoms with Crippen molar-refractivity contribution in [3.05, 3.63) is 69.7 Å². The molecule has 2 nitrogen and oxygen atoms in total. The molecule has 0 spiro atoms. The van der Waals surface area contributed by atoms with Gasteiger partial charge in [-0.15, -0.1) is 0 Å². The second-order valence-corrected chi connectivity index (χ2v) is 6.43. The van der Waals surface area contributed by atoms with Gasteiger partial charge in [0.2, 0.25) is 5.91 Å². The van der Waals surface area contributed by atoms with E-state index in [0.717, 1.165) is 23.4 Å². The SMILES string of the molecule is CC[C@H](NC(=O)CCc1ccc(Cl)cc1)c1ccc(C)c(C)c1. The summed E-state index contributed by atoms with van der Waals surface area (Å²) < 4.78 is 0. The first kappa shape index (κ1) is 17.6. The quantitative estimate of drug-likeness (QED) is 0.779. The molecule has 0 saturated carbocycles. The number of carbonyl (C=O) groups excluding carboxylic acids is 1. The number of benzene rings is 2. The molecule has 0 heterocycles. The Balaban J connectivity index is 1.94. The van der Waals surface area contributed by atoms with Crippen LogP contribution in [0.3, 0.4) is 0 Å². The van der Waals surface area contributed by atoms with Gasteiger partial charge in [-0.25, -0.2) is 0 Å². The first-order valence-electron chi connectivity index (χ1n) is 8.10. The van der Waals surface area contributed by atoms with E-state index in [0.29, 0.717) is 6.42 Å². The topological polar surface area (TPSA) is 29.1 Å². The zero-order chi connectivity index (χ0) is 16.8. The molecule has 0 bridgehead atoms. The van der Waals surface area contributed by atoms with E-state index in [1.165, 1.54) is 16.7 Å². The Morgan fingerprint density at radius 1 is 1.09 bits per heavy atom. The zero-order valence-corrected chi connectivity index (χ0v) is 14.8. The first-order valence-corrected chi connectivity index (χ1v) is 8.48. The molecule has 0 aromatic heterocycles. The van der Waals surface area contributed by atoms with Crippen LogP contribution in [0.25, 0.3) is 0 Å². The van der Waals surface area contributed by atoms with Crippen LogP contribution in [-0.2, 0) is 11.2 Å². The van der Waals surface area contributed by atoms with E-state index in [2.05, 4.69) is 44.3 Å². The van der Waals surface area contributed by atoms with Crippen molar-refractivity contribution in [2.45, 2.75) is 46.1 Å². The molecule has 122 valence electrons. The molecule has 0 aliphatic heterocycles. The van der Waals surface area contributed by atoms with Crippen LogP contribution in [0.1, 0.15) is 48.1 Å². The summed E-state index contributed by atoms with van der Waals surface area (Å²) in [5, 5.41) is 3.87. The summed E-state index contributed by atoms with van der Waals surface area (Å²) in [6.07, 6.45) is 2.10. The van der Waals surface area contributed by atoms with E-state index in [1.807, 2.05) is 24.3 Å². The van der Waals surface area contributed by atoms with Crippen LogP contribution < -0.4 is 5.32 Å². The summed E-state index contributed by atoms with van der Waals surface area (Å²) in [4.78, 5) is 12.2. The van der Waals surface area contributed by atoms with E-state index in [4.69, 9.17) is 11.6 Å². The highest BCUT2D eigenvalue weighted by Gasteiger charge is 2.13. The Bertz CT molecular complexity index is 664. The van der Waals surface area contributed by atoms with Gasteiger partial charge in [-0.3, -0.25) is 4.79 Å². The maximum absolute atomic E-state index is 12.2. The number of amides is 1. The summed E-state index contributed by atoms with van der Waals surface area (Å²) in [6, 6.07) is 14.1. The van der Waals surface area contributed by atoms with Crippen molar-refractivity contribution in [1.82, 2.24) is 5.32 Å². The van der Waals surface area contributed by atoms with Crippen molar-refractivity contribution in [2.24, 2.45) is 0 Å². The Hall–Kier alpha value is -1.80. The van der Waals surface area contributed by atoms with Gasteiger partial charge >= 0.3 is 0 Å². The average Bonchev–Trinajstić information content (AvgIpc) is 2.55. The van der Waals surface area contributed by atoms with Gasteiger partial charge < -0.3 is 5.32 Å². The molecular formula is C20H24ClNO. The fraction of sp³-hybridized carbons (Fsp3) is 0.350. The second kappa shape index (κ2) is 8.16. The Morgan fingerprint density at radius 3 is 2.39 bits per heavy atom. The van der Waals surface area contributed by atoms with E-state index in [9.17, 15) is 4.79 Å². The number of hydrogen-bond donors (Lipinski definition) is 1. The number of aryl methyl sites for hydroxylation is 3. The lowest BCUT2D eigenvalue weighted by atomic mass is 9.99. The molecule has 0 fully saturated rings. The smallest absolute Gasteiger partial charge is 0.220 e. The third-order valence-corrected chi connectivity index (χ3v) is 4.48. The number of hydrogen-bond acceptors (Lipinski definition) is 1. The van der Waals surface area contributed by atoms with Crippen LogP contribution in [-0.4, -0.2) is 5.91 Å². The Morgan fingerprint density at radius 2 is 1.78 bits per heavy atom. The van der Waals surface area contributed by atoms with Crippen LogP contribution in [0.5, 0.6) is 0 Å². The van der Waals surface area contributed by atoms with E-state index < -0.39 is 0 Å². The maximum Gasteiger partial charge on any atom is 0.220 e. The van der Waals surface area contributed by atoms with Gasteiger partial charge in [0.25, 0.3) is 0 Å². The molecule has 1 amide bonds. The number of carbonyl (C=O) groups is 1. The monoisotopic (exact) mass is 329 g/mol. The molecule has 0 radical (unpaired) electrons. The molecule has 23 heavy (non-hydrogen) atoms. The summed E-state index contributed by atoms with van der Waals surface area (Å²) in [7, 11) is 0. The number of nitrogens with one attached hydrogen (secondary N) is 1. The van der Waals surface area contributed by atoms with Crippen molar-refractivity contribution >= 4 is 17.5 Å². The van der Waals surface area contributed by atoms with Crippen molar-refractivity contribution in [3.63, 3.8) is 0 Å². The van der Waals surface area contributed by atoms with Crippen LogP contribution in [0.2, 0.25) is 5.02 Å². The summed E-state index contributed by atoms with van der Waals surface area (Å²) >= 11 is 5.87. The minimum absolute atomic E-state index is 0.0759. The lowest BCUT2D eigenvalue weighted by molar-refractivity contribution is -0.121. The third kappa shape index (κ3) is 5.11. The summed E-state index contributed by atoms with van der Waals surface area (Å²) in [5.74, 6) is 0.0880. The molecular weight excluding hydrogens is 306 g/mol. The van der Waals surface area contributed by atoms with Crippen molar-refractivity contribution in [2.75, 3.05) is 0 Å². The lowest BCUT2D eigenvalue weighted by Gasteiger charge is -2.18. The fourth-order valence-electron chi connectivity index (χ4n) is 2.58. The first-order chi connectivity index (χ1) is 11.0. The predicted octanol–water partition coefficient (Wildman–Crippen LogP) is 5.16. The van der Waals surface area contributed by atoms with Gasteiger partial charge in [-0.2, -0.15) is 0 Å². The minimum atomic E-state index is 0.0759. The van der Waals surface area contributed by atoms with E-state index in [1.54, 1.807) is 0 Å². The third-order valence-electron chi connectivity index (χ3n) is 4.23. The normalized spacial score (nSPS) is 12.0. The highest BCUT2D eigenvalue weighted by Crippen LogP contribution is 2.20. The molecule has 2 aromatic rings. The molecule has 0 aliphatic carbocycles. The van der Waals surface area contributed by atoms with Crippen LogP contribution in [0, 0.1) is 13.8 Å². The molecule has 0 aliphatic rings. The van der Waals surface area contributed by atoms with Crippen molar-refractivity contribution < 1.29 is 4.79 Å². The average molecular weight is 330 g/mol. The summed E-state index contributed by atoms with van der Waals surface area (Å²) in [5.41, 5.74) is 4.84. The highest BCUT2D eigenvalue weighted by atomic mass is 35.5. The van der Waals surface area contributed by atoms with Crippen LogP contribution in [0.4, 0.5) is 0 Å². The molecule has 0 unspecified atom stereocenters. The van der Waals surface area contributed by atoms with Crippen LogP contribution >= 0.6 is 11.6 Å². The van der Waals surface area contributed by atoms with Crippen molar-refractivity contribution in [1.29, 1.82) is 0 Å². The molecule has 2 rings (SSSR count). The fourth-order valence-corrected chi connectivity index (χ4v) is 2.70. The van der Waals surface area contributed by atoms with Gasteiger partial charge in [0.1, 0.15) is 0 Å². The van der Waals surface area contributed by atoms with Gasteiger partial charge in [-0.05, 0) is 61.1 Å². The second-order valence-electron chi connectivity index (χ2n) is 6.00. The molecule has 1 atom stereocenters. The molecule has 0 saturated heterocycles. The minimum Gasteiger partial charge on any atom is -0.349 e. The maximum atomic E-state index is 12.2. The van der Waals surface area contributed by atoms with Gasteiger partial charge in [0.05, 0.1) is 6.04 Å². The van der Waals surface area contributed by atoms with Gasteiger partial charge in [0.15, 0.2) is 0 Å². The zero-order valence-electron chi connectivity index (χ0n) is 14.0. The van der Waals surface area contributed by atoms with Gasteiger partial charge in [0, 0.05) is 11.4 Å². The highest BCUT2D eigenvalue weighted by molar-refractivity contribution is 6.30. The summed E-state index contributed by atoms with van der Waals surface area (Å²) in [6.45, 7) is 6.30. The molecule has 1 N–H and O–H groups in total. The van der Waals surface area contributed by atoms with Gasteiger partial charge in [-0.1, -0.05) is 48.9 Å². The van der Waals surface area contributed by atoms with E-state index >= 15 is 0 Å². The number of rotatable bonds is 6. The predicted molar refractivity (Wildman–Crippen MR) is 96.9 cm³/mol. The molecule has 2 aromatic carbocycles. The number of halogens is 1. The van der Waals surface area contributed by atoms with E-state index in [-0.39, 0.29) is 11.9 Å². The lowest BCUT2D eigenvalue weighted by Crippen LogP contribution is -2.28. The largest absolute Gasteiger partial charge is 0.349 e.